The third kappa shape index (κ3) is 5.94. The highest BCUT2D eigenvalue weighted by molar-refractivity contribution is 8.26. The number of hydrazine groups is 1. The minimum absolute atomic E-state index is 0.0640. The average molecular weight is 603 g/mol. The van der Waals surface area contributed by atoms with Gasteiger partial charge in [-0.2, -0.15) is 5.01 Å². The number of nitrogens with zero attached hydrogens (tertiary/aromatic N) is 3. The number of anilines is 1. The summed E-state index contributed by atoms with van der Waals surface area (Å²) in [4.78, 5) is 42.3. The minimum Gasteiger partial charge on any atom is -0.508 e. The first-order valence-corrected chi connectivity index (χ1v) is 13.6. The number of benzene rings is 3. The molecule has 212 valence electrons. The normalized spacial score (nSPS) is 17.6. The van der Waals surface area contributed by atoms with Gasteiger partial charge in [0.05, 0.1) is 15.4 Å². The first-order valence-electron chi connectivity index (χ1n) is 12.3. The van der Waals surface area contributed by atoms with Crippen molar-refractivity contribution in [2.75, 3.05) is 5.32 Å². The van der Waals surface area contributed by atoms with Crippen LogP contribution in [-0.2, 0) is 9.59 Å². The highest BCUT2D eigenvalue weighted by atomic mass is 32.2. The van der Waals surface area contributed by atoms with Crippen LogP contribution < -0.4 is 16.1 Å². The van der Waals surface area contributed by atoms with Crippen LogP contribution in [0.4, 0.5) is 11.4 Å². The summed E-state index contributed by atoms with van der Waals surface area (Å²) in [5, 5.41) is 38.4. The van der Waals surface area contributed by atoms with E-state index < -0.39 is 22.8 Å². The lowest BCUT2D eigenvalue weighted by Gasteiger charge is -2.29. The van der Waals surface area contributed by atoms with E-state index in [4.69, 9.17) is 12.2 Å². The summed E-state index contributed by atoms with van der Waals surface area (Å²) in [5.41, 5.74) is 4.26. The van der Waals surface area contributed by atoms with Crippen LogP contribution >= 0.6 is 24.0 Å². The Balaban J connectivity index is 1.45. The zero-order valence-corrected chi connectivity index (χ0v) is 23.4. The molecule has 2 amide bonds. The van der Waals surface area contributed by atoms with Gasteiger partial charge >= 0.3 is 0 Å². The van der Waals surface area contributed by atoms with Crippen LogP contribution in [0.2, 0.25) is 0 Å². The smallest absolute Gasteiger partial charge is 0.285 e. The Bertz CT molecular complexity index is 1720. The fourth-order valence-corrected chi connectivity index (χ4v) is 5.46. The van der Waals surface area contributed by atoms with E-state index in [9.17, 15) is 29.9 Å². The molecule has 1 saturated heterocycles. The molecule has 3 aromatic rings. The van der Waals surface area contributed by atoms with E-state index in [0.29, 0.717) is 10.6 Å². The highest BCUT2D eigenvalue weighted by Gasteiger charge is 2.36. The summed E-state index contributed by atoms with van der Waals surface area (Å²) in [5.74, 6) is -1.50. The molecule has 1 fully saturated rings. The molecule has 42 heavy (non-hydrogen) atoms. The van der Waals surface area contributed by atoms with Crippen LogP contribution in [0.3, 0.4) is 0 Å². The monoisotopic (exact) mass is 602 g/mol. The number of hydrogen-bond donors (Lipinski definition) is 5. The number of nitro benzene ring substituents is 1. The Morgan fingerprint density at radius 2 is 1.90 bits per heavy atom. The van der Waals surface area contributed by atoms with Crippen LogP contribution in [0, 0.1) is 10.1 Å². The molecular formula is C28H22N6O6S2. The number of nitro groups is 1. The first-order chi connectivity index (χ1) is 20.1. The summed E-state index contributed by atoms with van der Waals surface area (Å²) < 4.78 is 0.228. The molecule has 3 aromatic carbocycles. The van der Waals surface area contributed by atoms with Gasteiger partial charge < -0.3 is 20.8 Å². The molecule has 5 rings (SSSR count). The molecule has 0 spiro atoms. The van der Waals surface area contributed by atoms with Gasteiger partial charge in [-0.3, -0.25) is 25.1 Å². The number of nitrogens with one attached hydrogen (secondary N) is 3. The lowest BCUT2D eigenvalue weighted by Crippen LogP contribution is -2.51. The van der Waals surface area contributed by atoms with Gasteiger partial charge in [0.2, 0.25) is 5.96 Å². The van der Waals surface area contributed by atoms with Gasteiger partial charge in [-0.25, -0.2) is 4.99 Å². The summed E-state index contributed by atoms with van der Waals surface area (Å²) in [6, 6.07) is 17.5. The topological polar surface area (TPSA) is 169 Å². The van der Waals surface area contributed by atoms with Crippen molar-refractivity contribution in [3.63, 3.8) is 0 Å². The predicted octanol–water partition coefficient (Wildman–Crippen LogP) is 4.33. The Labute approximate surface area is 248 Å². The van der Waals surface area contributed by atoms with Crippen LogP contribution in [0.25, 0.3) is 6.08 Å². The van der Waals surface area contributed by atoms with Gasteiger partial charge in [0.25, 0.3) is 17.5 Å². The maximum absolute atomic E-state index is 13.5. The average Bonchev–Trinajstić information content (AvgIpc) is 3.20. The third-order valence-electron chi connectivity index (χ3n) is 6.22. The van der Waals surface area contributed by atoms with Crippen molar-refractivity contribution < 1.29 is 24.7 Å². The molecule has 5 N–H and O–H groups in total. The molecule has 2 aliphatic heterocycles. The van der Waals surface area contributed by atoms with Gasteiger partial charge in [0, 0.05) is 35.1 Å². The van der Waals surface area contributed by atoms with Crippen molar-refractivity contribution in [3.05, 3.63) is 110 Å². The number of thiocarbonyl (C=S) groups is 1. The number of rotatable bonds is 6. The van der Waals surface area contributed by atoms with Crippen LogP contribution in [0.15, 0.2) is 94.0 Å². The summed E-state index contributed by atoms with van der Waals surface area (Å²) in [6.07, 6.45) is 1.72. The fraction of sp³-hybridized carbons (Fsp3) is 0.0714. The van der Waals surface area contributed by atoms with Gasteiger partial charge in [-0.1, -0.05) is 48.2 Å². The van der Waals surface area contributed by atoms with Gasteiger partial charge in [-0.15, -0.1) is 0 Å². The standard InChI is InChI=1S/C28H22N6O6S2/c1-15-23(25(37)30-17-8-5-9-18(13-17)34(39)40)24(20-11-10-19(35)14-21(20)36)31-27(29-15)32-33-26(38)22(42-28(33)41)12-16-6-3-2-4-7-16/h2-14,24,35-36H,1H3,(H,30,37)(H2,29,31,32)/b22-12-. The van der Waals surface area contributed by atoms with Crippen molar-refractivity contribution in [2.24, 2.45) is 4.99 Å². The SMILES string of the molecule is CC1=C(C(=O)Nc2cccc([N+](=O)[O-])c2)C(c2ccc(O)cc2O)N=C(NN2C(=O)/C(=C/c3ccccc3)SC2=S)N1. The number of carbonyl (C=O) groups is 2. The zero-order valence-electron chi connectivity index (χ0n) is 21.8. The second-order valence-corrected chi connectivity index (χ2v) is 10.8. The number of phenolic OH excluding ortho intramolecular Hbond substituents is 2. The number of guanidine groups is 1. The van der Waals surface area contributed by atoms with Gasteiger partial charge in [0.1, 0.15) is 17.5 Å². The molecule has 0 radical (unpaired) electrons. The van der Waals surface area contributed by atoms with E-state index in [0.717, 1.165) is 28.4 Å². The number of allylic oxidation sites excluding steroid dienone is 1. The minimum atomic E-state index is -1.11. The number of carbonyl (C=O) groups excluding carboxylic acids is 2. The van der Waals surface area contributed by atoms with E-state index >= 15 is 0 Å². The number of non-ortho nitro benzene ring substituents is 1. The Hall–Kier alpha value is -5.21. The van der Waals surface area contributed by atoms with E-state index in [1.54, 1.807) is 13.0 Å². The largest absolute Gasteiger partial charge is 0.508 e. The van der Waals surface area contributed by atoms with Crippen molar-refractivity contribution in [2.45, 2.75) is 13.0 Å². The second-order valence-electron chi connectivity index (χ2n) is 9.09. The quantitative estimate of drug-likeness (QED) is 0.118. The number of aliphatic imine (C=N–C) groups is 1. The molecule has 0 aliphatic carbocycles. The Morgan fingerprint density at radius 1 is 1.14 bits per heavy atom. The van der Waals surface area contributed by atoms with Gasteiger partial charge in [-0.05, 0) is 49.0 Å². The van der Waals surface area contributed by atoms with Crippen molar-refractivity contribution >= 4 is 63.5 Å². The first kappa shape index (κ1) is 28.3. The molecule has 0 aromatic heterocycles. The van der Waals surface area contributed by atoms with Crippen molar-refractivity contribution in [3.8, 4) is 11.5 Å². The third-order valence-corrected chi connectivity index (χ3v) is 7.52. The van der Waals surface area contributed by atoms with E-state index in [2.05, 4.69) is 21.1 Å². The Morgan fingerprint density at radius 3 is 2.62 bits per heavy atom. The number of aromatic hydroxyl groups is 2. The van der Waals surface area contributed by atoms with Crippen LogP contribution in [0.1, 0.15) is 24.1 Å². The zero-order chi connectivity index (χ0) is 30.0. The van der Waals surface area contributed by atoms with E-state index in [-0.39, 0.29) is 44.3 Å². The molecule has 1 unspecified atom stereocenters. The summed E-state index contributed by atoms with van der Waals surface area (Å²) in [6.45, 7) is 1.60. The number of thioether (sulfide) groups is 1. The molecule has 0 saturated carbocycles. The molecule has 1 atom stereocenters. The highest BCUT2D eigenvalue weighted by Crippen LogP contribution is 2.38. The van der Waals surface area contributed by atoms with E-state index in [1.165, 1.54) is 36.4 Å². The Kier molecular flexibility index (Phi) is 7.91. The lowest BCUT2D eigenvalue weighted by molar-refractivity contribution is -0.384. The number of hydrogen-bond acceptors (Lipinski definition) is 11. The molecule has 2 heterocycles. The number of phenols is 2. The van der Waals surface area contributed by atoms with Crippen LogP contribution in [-0.4, -0.2) is 42.2 Å². The van der Waals surface area contributed by atoms with Crippen LogP contribution in [0.5, 0.6) is 11.5 Å². The molecule has 0 bridgehead atoms. The predicted molar refractivity (Wildman–Crippen MR) is 162 cm³/mol. The summed E-state index contributed by atoms with van der Waals surface area (Å²) in [7, 11) is 0. The fourth-order valence-electron chi connectivity index (χ4n) is 4.28. The lowest BCUT2D eigenvalue weighted by atomic mass is 9.94. The number of amides is 2. The molecular weight excluding hydrogens is 580 g/mol. The molecule has 2 aliphatic rings. The maximum atomic E-state index is 13.5. The second kappa shape index (κ2) is 11.7. The van der Waals surface area contributed by atoms with Gasteiger partial charge in [0.15, 0.2) is 4.32 Å². The van der Waals surface area contributed by atoms with Crippen molar-refractivity contribution in [1.29, 1.82) is 0 Å². The maximum Gasteiger partial charge on any atom is 0.285 e. The molecule has 12 nitrogen and oxygen atoms in total. The summed E-state index contributed by atoms with van der Waals surface area (Å²) >= 11 is 6.53. The van der Waals surface area contributed by atoms with Crippen molar-refractivity contribution in [1.82, 2.24) is 15.8 Å². The van der Waals surface area contributed by atoms with E-state index in [1.807, 2.05) is 30.3 Å². The molecule has 14 heteroatoms.